The van der Waals surface area contributed by atoms with E-state index in [9.17, 15) is 13.2 Å². The molecule has 0 aliphatic rings. The van der Waals surface area contributed by atoms with Crippen LogP contribution in [0.15, 0.2) is 17.2 Å². The summed E-state index contributed by atoms with van der Waals surface area (Å²) in [6.45, 7) is 0.571. The second-order valence-corrected chi connectivity index (χ2v) is 4.43. The molecule has 0 atom stereocenters. The van der Waals surface area contributed by atoms with Crippen molar-refractivity contribution in [2.45, 2.75) is 17.6 Å². The number of pyridine rings is 1. The lowest BCUT2D eigenvalue weighted by Crippen LogP contribution is -2.07. The number of rotatable bonds is 5. The molecular formula is C10H13F3N2OS. The Hall–Kier alpha value is -0.950. The number of thioether (sulfide) groups is 1. The number of methoxy groups -OCH3 is 1. The number of nitrogens with two attached hydrogens (primary N) is 1. The maximum absolute atomic E-state index is 12.5. The molecule has 1 rings (SSSR count). The van der Waals surface area contributed by atoms with E-state index in [0.29, 0.717) is 12.4 Å². The van der Waals surface area contributed by atoms with Crippen LogP contribution in [0.1, 0.15) is 12.0 Å². The molecule has 1 aromatic rings. The van der Waals surface area contributed by atoms with E-state index in [1.54, 1.807) is 7.11 Å². The van der Waals surface area contributed by atoms with Gasteiger partial charge in [0, 0.05) is 19.5 Å². The van der Waals surface area contributed by atoms with E-state index in [-0.39, 0.29) is 10.8 Å². The smallest absolute Gasteiger partial charge is 0.385 e. The first-order valence-corrected chi connectivity index (χ1v) is 5.88. The van der Waals surface area contributed by atoms with E-state index in [0.717, 1.165) is 18.6 Å². The monoisotopic (exact) mass is 266 g/mol. The Bertz CT molecular complexity index is 371. The summed E-state index contributed by atoms with van der Waals surface area (Å²) in [5.41, 5.74) is 4.57. The van der Waals surface area contributed by atoms with E-state index in [2.05, 4.69) is 4.98 Å². The second-order valence-electron chi connectivity index (χ2n) is 3.31. The van der Waals surface area contributed by atoms with Crippen LogP contribution in [0.25, 0.3) is 0 Å². The van der Waals surface area contributed by atoms with E-state index in [1.165, 1.54) is 11.8 Å². The van der Waals surface area contributed by atoms with Gasteiger partial charge in [0.15, 0.2) is 0 Å². The van der Waals surface area contributed by atoms with Crippen LogP contribution in [-0.4, -0.2) is 24.5 Å². The minimum atomic E-state index is -4.39. The fraction of sp³-hybridized carbons (Fsp3) is 0.500. The molecule has 0 amide bonds. The first-order chi connectivity index (χ1) is 7.93. The second kappa shape index (κ2) is 6.11. The number of aromatic nitrogens is 1. The van der Waals surface area contributed by atoms with Crippen LogP contribution in [0.4, 0.5) is 19.0 Å². The van der Waals surface area contributed by atoms with Gasteiger partial charge in [0.2, 0.25) is 0 Å². The maximum atomic E-state index is 12.5. The summed E-state index contributed by atoms with van der Waals surface area (Å²) in [6, 6.07) is 1.84. The minimum absolute atomic E-state index is 0.117. The lowest BCUT2D eigenvalue weighted by Gasteiger charge is -2.09. The molecule has 3 nitrogen and oxygen atoms in total. The summed E-state index contributed by atoms with van der Waals surface area (Å²) < 4.78 is 42.3. The Balaban J connectivity index is 2.69. The SMILES string of the molecule is COCCCSc1cc(C(F)(F)F)cc(N)n1. The molecule has 96 valence electrons. The number of hydrogen-bond donors (Lipinski definition) is 1. The molecular weight excluding hydrogens is 253 g/mol. The highest BCUT2D eigenvalue weighted by atomic mass is 32.2. The van der Waals surface area contributed by atoms with E-state index < -0.39 is 11.7 Å². The fourth-order valence-corrected chi connectivity index (χ4v) is 1.99. The van der Waals surface area contributed by atoms with Crippen LogP contribution in [0.2, 0.25) is 0 Å². The molecule has 0 fully saturated rings. The molecule has 0 saturated heterocycles. The summed E-state index contributed by atoms with van der Waals surface area (Å²) >= 11 is 1.23. The molecule has 0 unspecified atom stereocenters. The first-order valence-electron chi connectivity index (χ1n) is 4.90. The Kier molecular flexibility index (Phi) is 5.07. The predicted octanol–water partition coefficient (Wildman–Crippen LogP) is 2.81. The van der Waals surface area contributed by atoms with Crippen molar-refractivity contribution in [3.05, 3.63) is 17.7 Å². The van der Waals surface area contributed by atoms with Gasteiger partial charge in [0.05, 0.1) is 10.6 Å². The van der Waals surface area contributed by atoms with E-state index in [4.69, 9.17) is 10.5 Å². The number of halogens is 3. The van der Waals surface area contributed by atoms with Crippen molar-refractivity contribution in [1.82, 2.24) is 4.98 Å². The van der Waals surface area contributed by atoms with Gasteiger partial charge in [-0.3, -0.25) is 0 Å². The van der Waals surface area contributed by atoms with Crippen molar-refractivity contribution in [2.75, 3.05) is 25.2 Å². The van der Waals surface area contributed by atoms with Crippen LogP contribution in [-0.2, 0) is 10.9 Å². The molecule has 7 heteroatoms. The van der Waals surface area contributed by atoms with Gasteiger partial charge in [-0.25, -0.2) is 4.98 Å². The van der Waals surface area contributed by atoms with Gasteiger partial charge in [0.1, 0.15) is 5.82 Å². The number of ether oxygens (including phenoxy) is 1. The zero-order valence-electron chi connectivity index (χ0n) is 9.25. The van der Waals surface area contributed by atoms with Crippen LogP contribution in [0.3, 0.4) is 0 Å². The third kappa shape index (κ3) is 4.82. The van der Waals surface area contributed by atoms with Crippen molar-refractivity contribution in [1.29, 1.82) is 0 Å². The van der Waals surface area contributed by atoms with Crippen molar-refractivity contribution in [3.63, 3.8) is 0 Å². The normalized spacial score (nSPS) is 11.8. The molecule has 0 saturated carbocycles. The van der Waals surface area contributed by atoms with Gasteiger partial charge in [-0.1, -0.05) is 0 Å². The number of nitrogen functional groups attached to an aromatic ring is 1. The molecule has 1 heterocycles. The zero-order chi connectivity index (χ0) is 12.9. The van der Waals surface area contributed by atoms with Gasteiger partial charge < -0.3 is 10.5 Å². The Morgan fingerprint density at radius 2 is 2.12 bits per heavy atom. The third-order valence-electron chi connectivity index (χ3n) is 1.89. The molecule has 0 aliphatic carbocycles. The van der Waals surface area contributed by atoms with Gasteiger partial charge in [-0.2, -0.15) is 13.2 Å². The predicted molar refractivity (Wildman–Crippen MR) is 60.9 cm³/mol. The summed E-state index contributed by atoms with van der Waals surface area (Å²) in [4.78, 5) is 3.84. The standard InChI is InChI=1S/C10H13F3N2OS/c1-16-3-2-4-17-9-6-7(10(11,12)13)5-8(14)15-9/h5-6H,2-4H2,1H3,(H2,14,15). The Morgan fingerprint density at radius 3 is 2.71 bits per heavy atom. The fourth-order valence-electron chi connectivity index (χ4n) is 1.14. The van der Waals surface area contributed by atoms with Crippen molar-refractivity contribution >= 4 is 17.6 Å². The number of hydrogen-bond acceptors (Lipinski definition) is 4. The topological polar surface area (TPSA) is 48.1 Å². The van der Waals surface area contributed by atoms with E-state index >= 15 is 0 Å². The van der Waals surface area contributed by atoms with Gasteiger partial charge in [0.25, 0.3) is 0 Å². The van der Waals surface area contributed by atoms with Gasteiger partial charge in [-0.15, -0.1) is 11.8 Å². The summed E-state index contributed by atoms with van der Waals surface area (Å²) in [7, 11) is 1.57. The summed E-state index contributed by atoms with van der Waals surface area (Å²) in [6.07, 6.45) is -3.64. The number of alkyl halides is 3. The largest absolute Gasteiger partial charge is 0.416 e. The van der Waals surface area contributed by atoms with Gasteiger partial charge >= 0.3 is 6.18 Å². The Morgan fingerprint density at radius 1 is 1.41 bits per heavy atom. The average molecular weight is 266 g/mol. The molecule has 17 heavy (non-hydrogen) atoms. The molecule has 1 aromatic heterocycles. The average Bonchev–Trinajstić information content (AvgIpc) is 2.22. The minimum Gasteiger partial charge on any atom is -0.385 e. The highest BCUT2D eigenvalue weighted by Gasteiger charge is 2.31. The van der Waals surface area contributed by atoms with E-state index in [1.807, 2.05) is 0 Å². The molecule has 0 aliphatic heterocycles. The quantitative estimate of drug-likeness (QED) is 0.657. The number of nitrogens with zero attached hydrogens (tertiary/aromatic N) is 1. The van der Waals surface area contributed by atoms with Crippen molar-refractivity contribution < 1.29 is 17.9 Å². The maximum Gasteiger partial charge on any atom is 0.416 e. The molecule has 0 radical (unpaired) electrons. The highest BCUT2D eigenvalue weighted by molar-refractivity contribution is 7.99. The van der Waals surface area contributed by atoms with Gasteiger partial charge in [-0.05, 0) is 18.6 Å². The number of anilines is 1. The van der Waals surface area contributed by atoms with Crippen LogP contribution >= 0.6 is 11.8 Å². The highest BCUT2D eigenvalue weighted by Crippen LogP contribution is 2.32. The molecule has 0 aromatic carbocycles. The Labute approximate surface area is 102 Å². The third-order valence-corrected chi connectivity index (χ3v) is 2.89. The molecule has 0 spiro atoms. The first kappa shape index (κ1) is 14.1. The summed E-state index contributed by atoms with van der Waals surface area (Å²) in [5.74, 6) is 0.524. The molecule has 2 N–H and O–H groups in total. The van der Waals surface area contributed by atoms with Crippen LogP contribution in [0, 0.1) is 0 Å². The zero-order valence-corrected chi connectivity index (χ0v) is 10.1. The summed E-state index contributed by atoms with van der Waals surface area (Å²) in [5, 5.41) is 0.286. The lowest BCUT2D eigenvalue weighted by atomic mass is 10.2. The van der Waals surface area contributed by atoms with Crippen molar-refractivity contribution in [3.8, 4) is 0 Å². The van der Waals surface area contributed by atoms with Crippen LogP contribution in [0.5, 0.6) is 0 Å². The lowest BCUT2D eigenvalue weighted by molar-refractivity contribution is -0.137. The van der Waals surface area contributed by atoms with Crippen LogP contribution < -0.4 is 5.73 Å². The van der Waals surface area contributed by atoms with Crippen molar-refractivity contribution in [2.24, 2.45) is 0 Å². The molecule has 0 bridgehead atoms.